The zero-order valence-corrected chi connectivity index (χ0v) is 16.5. The van der Waals surface area contributed by atoms with Gasteiger partial charge in [0.1, 0.15) is 0 Å². The molecule has 1 aliphatic heterocycles. The number of ether oxygens (including phenoxy) is 2. The predicted octanol–water partition coefficient (Wildman–Crippen LogP) is 3.65. The van der Waals surface area contributed by atoms with Crippen molar-refractivity contribution in [2.45, 2.75) is 13.5 Å². The second kappa shape index (κ2) is 10.2. The zero-order valence-electron chi connectivity index (χ0n) is 15.6. The van der Waals surface area contributed by atoms with Gasteiger partial charge < -0.3 is 14.8 Å². The molecule has 5 nitrogen and oxygen atoms in total. The van der Waals surface area contributed by atoms with Gasteiger partial charge in [0.05, 0.1) is 6.61 Å². The van der Waals surface area contributed by atoms with Crippen LogP contribution in [-0.2, 0) is 11.3 Å². The van der Waals surface area contributed by atoms with Crippen molar-refractivity contribution in [3.05, 3.63) is 54.1 Å². The summed E-state index contributed by atoms with van der Waals surface area (Å²) in [6, 6.07) is 15.4. The molecule has 2 aromatic carbocycles. The number of hydrogen-bond donors (Lipinski definition) is 1. The summed E-state index contributed by atoms with van der Waals surface area (Å²) < 4.78 is 11.1. The average Bonchev–Trinajstić information content (AvgIpc) is 2.69. The Morgan fingerprint density at radius 1 is 1.07 bits per heavy atom. The minimum absolute atomic E-state index is 0.0579. The topological polar surface area (TPSA) is 50.8 Å². The highest BCUT2D eigenvalue weighted by atomic mass is 32.2. The second-order valence-corrected chi connectivity index (χ2v) is 7.53. The molecule has 0 aromatic heterocycles. The minimum atomic E-state index is -0.187. The highest BCUT2D eigenvalue weighted by Gasteiger charge is 2.12. The SMILES string of the molecule is CCOc1ccccc1OCC(=O)Nc1cccc(CN2CCSCC2)c1. The van der Waals surface area contributed by atoms with Gasteiger partial charge in [-0.25, -0.2) is 0 Å². The Balaban J connectivity index is 1.52. The van der Waals surface area contributed by atoms with E-state index in [9.17, 15) is 4.79 Å². The summed E-state index contributed by atoms with van der Waals surface area (Å²) in [4.78, 5) is 14.7. The van der Waals surface area contributed by atoms with Gasteiger partial charge in [-0.15, -0.1) is 0 Å². The summed E-state index contributed by atoms with van der Waals surface area (Å²) >= 11 is 2.01. The van der Waals surface area contributed by atoms with Crippen LogP contribution in [-0.4, -0.2) is 48.6 Å². The highest BCUT2D eigenvalue weighted by Crippen LogP contribution is 2.26. The summed E-state index contributed by atoms with van der Waals surface area (Å²) in [5.41, 5.74) is 2.01. The Hall–Kier alpha value is -2.18. The minimum Gasteiger partial charge on any atom is -0.490 e. The van der Waals surface area contributed by atoms with Crippen molar-refractivity contribution in [2.75, 3.05) is 43.1 Å². The third-order valence-electron chi connectivity index (χ3n) is 4.23. The van der Waals surface area contributed by atoms with Crippen molar-refractivity contribution in [1.82, 2.24) is 4.90 Å². The normalized spacial score (nSPS) is 14.6. The standard InChI is InChI=1S/C21H26N2O3S/c1-2-25-19-8-3-4-9-20(19)26-16-21(24)22-18-7-5-6-17(14-18)15-23-10-12-27-13-11-23/h3-9,14H,2,10-13,15-16H2,1H3,(H,22,24). The third kappa shape index (κ3) is 6.19. The number of anilines is 1. The Bertz CT molecular complexity index is 748. The quantitative estimate of drug-likeness (QED) is 0.750. The molecule has 144 valence electrons. The zero-order chi connectivity index (χ0) is 18.9. The Labute approximate surface area is 165 Å². The van der Waals surface area contributed by atoms with E-state index in [2.05, 4.69) is 16.3 Å². The number of nitrogens with one attached hydrogen (secondary N) is 1. The molecule has 0 unspecified atom stereocenters. The van der Waals surface area contributed by atoms with Gasteiger partial charge in [0.2, 0.25) is 0 Å². The van der Waals surface area contributed by atoms with Crippen LogP contribution in [0.25, 0.3) is 0 Å². The number of carbonyl (C=O) groups excluding carboxylic acids is 1. The number of nitrogens with zero attached hydrogens (tertiary/aromatic N) is 1. The number of carbonyl (C=O) groups is 1. The molecule has 3 rings (SSSR count). The van der Waals surface area contributed by atoms with Gasteiger partial charge in [-0.3, -0.25) is 9.69 Å². The van der Waals surface area contributed by atoms with E-state index in [0.717, 1.165) is 25.3 Å². The molecule has 0 spiro atoms. The molecule has 0 bridgehead atoms. The van der Waals surface area contributed by atoms with Gasteiger partial charge >= 0.3 is 0 Å². The van der Waals surface area contributed by atoms with Crippen LogP contribution in [0.15, 0.2) is 48.5 Å². The third-order valence-corrected chi connectivity index (χ3v) is 5.17. The molecular weight excluding hydrogens is 360 g/mol. The number of amides is 1. The lowest BCUT2D eigenvalue weighted by atomic mass is 10.2. The van der Waals surface area contributed by atoms with Crippen molar-refractivity contribution in [2.24, 2.45) is 0 Å². The molecular formula is C21H26N2O3S. The lowest BCUT2D eigenvalue weighted by Crippen LogP contribution is -2.32. The van der Waals surface area contributed by atoms with E-state index < -0.39 is 0 Å². The van der Waals surface area contributed by atoms with Crippen molar-refractivity contribution >= 4 is 23.4 Å². The monoisotopic (exact) mass is 386 g/mol. The smallest absolute Gasteiger partial charge is 0.262 e. The van der Waals surface area contributed by atoms with Crippen molar-refractivity contribution in [3.63, 3.8) is 0 Å². The largest absolute Gasteiger partial charge is 0.490 e. The maximum absolute atomic E-state index is 12.3. The van der Waals surface area contributed by atoms with Crippen molar-refractivity contribution < 1.29 is 14.3 Å². The lowest BCUT2D eigenvalue weighted by Gasteiger charge is -2.26. The van der Waals surface area contributed by atoms with Crippen LogP contribution in [0, 0.1) is 0 Å². The van der Waals surface area contributed by atoms with Crippen LogP contribution < -0.4 is 14.8 Å². The lowest BCUT2D eigenvalue weighted by molar-refractivity contribution is -0.118. The van der Waals surface area contributed by atoms with Crippen LogP contribution >= 0.6 is 11.8 Å². The number of hydrogen-bond acceptors (Lipinski definition) is 5. The fourth-order valence-corrected chi connectivity index (χ4v) is 3.93. The molecule has 0 atom stereocenters. The van der Waals surface area contributed by atoms with Crippen LogP contribution in [0.2, 0.25) is 0 Å². The van der Waals surface area contributed by atoms with E-state index in [1.165, 1.54) is 17.1 Å². The van der Waals surface area contributed by atoms with E-state index in [-0.39, 0.29) is 12.5 Å². The van der Waals surface area contributed by atoms with Gasteiger partial charge in [0.15, 0.2) is 18.1 Å². The summed E-state index contributed by atoms with van der Waals surface area (Å²) in [6.45, 7) is 5.57. The molecule has 1 aliphatic rings. The number of benzene rings is 2. The molecule has 0 saturated carbocycles. The van der Waals surface area contributed by atoms with Gasteiger partial charge in [0, 0.05) is 36.8 Å². The van der Waals surface area contributed by atoms with Gasteiger partial charge in [-0.2, -0.15) is 11.8 Å². The summed E-state index contributed by atoms with van der Waals surface area (Å²) in [5.74, 6) is 3.42. The first-order valence-electron chi connectivity index (χ1n) is 9.28. The average molecular weight is 387 g/mol. The predicted molar refractivity (Wildman–Crippen MR) is 111 cm³/mol. The molecule has 0 radical (unpaired) electrons. The highest BCUT2D eigenvalue weighted by molar-refractivity contribution is 7.99. The van der Waals surface area contributed by atoms with Crippen LogP contribution in [0.5, 0.6) is 11.5 Å². The fourth-order valence-electron chi connectivity index (χ4n) is 2.95. The molecule has 1 heterocycles. The number of rotatable bonds is 8. The van der Waals surface area contributed by atoms with Gasteiger partial charge in [0.25, 0.3) is 5.91 Å². The van der Waals surface area contributed by atoms with Gasteiger partial charge in [-0.05, 0) is 36.8 Å². The first kappa shape index (κ1) is 19.6. The second-order valence-electron chi connectivity index (χ2n) is 6.31. The molecule has 1 amide bonds. The van der Waals surface area contributed by atoms with E-state index in [0.29, 0.717) is 18.1 Å². The molecule has 27 heavy (non-hydrogen) atoms. The number of para-hydroxylation sites is 2. The van der Waals surface area contributed by atoms with Crippen molar-refractivity contribution in [1.29, 1.82) is 0 Å². The molecule has 2 aromatic rings. The molecule has 1 fully saturated rings. The van der Waals surface area contributed by atoms with E-state index in [1.807, 2.05) is 55.1 Å². The fraction of sp³-hybridized carbons (Fsp3) is 0.381. The molecule has 6 heteroatoms. The Morgan fingerprint density at radius 3 is 2.56 bits per heavy atom. The summed E-state index contributed by atoms with van der Waals surface area (Å²) in [7, 11) is 0. The van der Waals surface area contributed by atoms with E-state index >= 15 is 0 Å². The van der Waals surface area contributed by atoms with Gasteiger partial charge in [-0.1, -0.05) is 24.3 Å². The molecule has 1 saturated heterocycles. The summed E-state index contributed by atoms with van der Waals surface area (Å²) in [5, 5.41) is 2.91. The van der Waals surface area contributed by atoms with Crippen LogP contribution in [0.4, 0.5) is 5.69 Å². The van der Waals surface area contributed by atoms with Crippen molar-refractivity contribution in [3.8, 4) is 11.5 Å². The maximum atomic E-state index is 12.3. The molecule has 0 aliphatic carbocycles. The molecule has 1 N–H and O–H groups in total. The van der Waals surface area contributed by atoms with E-state index in [4.69, 9.17) is 9.47 Å². The first-order chi connectivity index (χ1) is 13.2. The first-order valence-corrected chi connectivity index (χ1v) is 10.4. The Kier molecular flexibility index (Phi) is 7.42. The number of thioether (sulfide) groups is 1. The van der Waals surface area contributed by atoms with Crippen LogP contribution in [0.3, 0.4) is 0 Å². The Morgan fingerprint density at radius 2 is 1.81 bits per heavy atom. The van der Waals surface area contributed by atoms with E-state index in [1.54, 1.807) is 6.07 Å². The summed E-state index contributed by atoms with van der Waals surface area (Å²) in [6.07, 6.45) is 0. The van der Waals surface area contributed by atoms with Crippen LogP contribution in [0.1, 0.15) is 12.5 Å². The maximum Gasteiger partial charge on any atom is 0.262 e.